The average Bonchev–Trinajstić information content (AvgIpc) is 2.16. The van der Waals surface area contributed by atoms with Crippen molar-refractivity contribution in [3.63, 3.8) is 0 Å². The highest BCUT2D eigenvalue weighted by Gasteiger charge is 2.14. The van der Waals surface area contributed by atoms with E-state index in [2.05, 4.69) is 6.58 Å². The van der Waals surface area contributed by atoms with Gasteiger partial charge in [0.25, 0.3) is 0 Å². The van der Waals surface area contributed by atoms with Crippen molar-refractivity contribution in [1.29, 1.82) is 0 Å². The molecular formula is C10H18O2. The maximum absolute atomic E-state index is 9.21. The maximum Gasteiger partial charge on any atom is 0.0719 e. The van der Waals surface area contributed by atoms with E-state index in [4.69, 9.17) is 4.74 Å². The minimum Gasteiger partial charge on any atom is -0.389 e. The van der Waals surface area contributed by atoms with Gasteiger partial charge < -0.3 is 9.84 Å². The quantitative estimate of drug-likeness (QED) is 0.653. The lowest BCUT2D eigenvalue weighted by atomic mass is 10.0. The second kappa shape index (κ2) is 5.33. The molecule has 2 atom stereocenters. The van der Waals surface area contributed by atoms with Crippen LogP contribution in [0.15, 0.2) is 12.7 Å². The highest BCUT2D eigenvalue weighted by atomic mass is 16.5. The second-order valence-corrected chi connectivity index (χ2v) is 3.37. The molecule has 1 saturated heterocycles. The van der Waals surface area contributed by atoms with Crippen LogP contribution >= 0.6 is 0 Å². The van der Waals surface area contributed by atoms with E-state index in [9.17, 15) is 5.11 Å². The molecule has 0 aromatic heterocycles. The van der Waals surface area contributed by atoms with Gasteiger partial charge in [0.05, 0.1) is 12.2 Å². The van der Waals surface area contributed by atoms with Gasteiger partial charge in [-0.1, -0.05) is 6.08 Å². The van der Waals surface area contributed by atoms with E-state index in [1.54, 1.807) is 6.08 Å². The van der Waals surface area contributed by atoms with Crippen molar-refractivity contribution in [3.8, 4) is 0 Å². The van der Waals surface area contributed by atoms with Crippen LogP contribution in [0.5, 0.6) is 0 Å². The van der Waals surface area contributed by atoms with Crippen molar-refractivity contribution in [3.05, 3.63) is 12.7 Å². The van der Waals surface area contributed by atoms with Gasteiger partial charge in [0.15, 0.2) is 0 Å². The lowest BCUT2D eigenvalue weighted by Crippen LogP contribution is -2.20. The molecule has 0 amide bonds. The van der Waals surface area contributed by atoms with Gasteiger partial charge in [0, 0.05) is 6.61 Å². The molecule has 1 N–H and O–H groups in total. The molecule has 0 aromatic carbocycles. The first-order valence-electron chi connectivity index (χ1n) is 4.75. The molecule has 0 bridgehead atoms. The Morgan fingerprint density at radius 3 is 3.00 bits per heavy atom. The molecule has 1 fully saturated rings. The molecular weight excluding hydrogens is 152 g/mol. The SMILES string of the molecule is C=CC(O)CCC1CCCCO1. The Labute approximate surface area is 74.2 Å². The number of hydrogen-bond acceptors (Lipinski definition) is 2. The summed E-state index contributed by atoms with van der Waals surface area (Å²) in [7, 11) is 0. The van der Waals surface area contributed by atoms with E-state index < -0.39 is 0 Å². The van der Waals surface area contributed by atoms with Crippen LogP contribution < -0.4 is 0 Å². The van der Waals surface area contributed by atoms with Gasteiger partial charge in [-0.15, -0.1) is 6.58 Å². The molecule has 0 saturated carbocycles. The summed E-state index contributed by atoms with van der Waals surface area (Å²) in [6, 6.07) is 0. The Morgan fingerprint density at radius 1 is 1.58 bits per heavy atom. The van der Waals surface area contributed by atoms with Crippen LogP contribution in [-0.2, 0) is 4.74 Å². The van der Waals surface area contributed by atoms with E-state index >= 15 is 0 Å². The Bertz CT molecular complexity index is 128. The van der Waals surface area contributed by atoms with Crippen LogP contribution in [0, 0.1) is 0 Å². The van der Waals surface area contributed by atoms with Crippen LogP contribution in [0.4, 0.5) is 0 Å². The highest BCUT2D eigenvalue weighted by molar-refractivity contribution is 4.79. The highest BCUT2D eigenvalue weighted by Crippen LogP contribution is 2.17. The number of ether oxygens (including phenoxy) is 1. The zero-order chi connectivity index (χ0) is 8.81. The van der Waals surface area contributed by atoms with Crippen molar-refractivity contribution in [1.82, 2.24) is 0 Å². The Kier molecular flexibility index (Phi) is 4.33. The predicted octanol–water partition coefficient (Wildman–Crippen LogP) is 1.88. The maximum atomic E-state index is 9.21. The normalized spacial score (nSPS) is 26.6. The van der Waals surface area contributed by atoms with Crippen molar-refractivity contribution in [2.24, 2.45) is 0 Å². The lowest BCUT2D eigenvalue weighted by Gasteiger charge is -2.22. The Morgan fingerprint density at radius 2 is 2.42 bits per heavy atom. The number of rotatable bonds is 4. The largest absolute Gasteiger partial charge is 0.389 e. The molecule has 70 valence electrons. The third kappa shape index (κ3) is 3.37. The van der Waals surface area contributed by atoms with Crippen LogP contribution in [0.1, 0.15) is 32.1 Å². The van der Waals surface area contributed by atoms with Gasteiger partial charge in [-0.2, -0.15) is 0 Å². The first-order valence-corrected chi connectivity index (χ1v) is 4.75. The van der Waals surface area contributed by atoms with Crippen LogP contribution in [-0.4, -0.2) is 23.9 Å². The summed E-state index contributed by atoms with van der Waals surface area (Å²) in [5.74, 6) is 0. The molecule has 0 aromatic rings. The average molecular weight is 170 g/mol. The summed E-state index contributed by atoms with van der Waals surface area (Å²) in [5.41, 5.74) is 0. The van der Waals surface area contributed by atoms with Crippen LogP contribution in [0.25, 0.3) is 0 Å². The van der Waals surface area contributed by atoms with Crippen LogP contribution in [0.3, 0.4) is 0 Å². The number of aliphatic hydroxyl groups is 1. The van der Waals surface area contributed by atoms with Gasteiger partial charge in [-0.25, -0.2) is 0 Å². The molecule has 0 aliphatic carbocycles. The molecule has 0 radical (unpaired) electrons. The third-order valence-electron chi connectivity index (χ3n) is 2.33. The summed E-state index contributed by atoms with van der Waals surface area (Å²) in [5, 5.41) is 9.21. The summed E-state index contributed by atoms with van der Waals surface area (Å²) in [6.07, 6.45) is 6.99. The molecule has 2 unspecified atom stereocenters. The van der Waals surface area contributed by atoms with E-state index in [0.717, 1.165) is 25.9 Å². The smallest absolute Gasteiger partial charge is 0.0719 e. The van der Waals surface area contributed by atoms with Crippen molar-refractivity contribution in [2.75, 3.05) is 6.61 Å². The fraction of sp³-hybridized carbons (Fsp3) is 0.800. The second-order valence-electron chi connectivity index (χ2n) is 3.37. The number of hydrogen-bond donors (Lipinski definition) is 1. The zero-order valence-corrected chi connectivity index (χ0v) is 7.54. The van der Waals surface area contributed by atoms with Gasteiger partial charge in [0.1, 0.15) is 0 Å². The lowest BCUT2D eigenvalue weighted by molar-refractivity contribution is 0.00491. The molecule has 1 aliphatic heterocycles. The fourth-order valence-corrected chi connectivity index (χ4v) is 1.51. The van der Waals surface area contributed by atoms with E-state index in [0.29, 0.717) is 6.10 Å². The summed E-state index contributed by atoms with van der Waals surface area (Å²) in [4.78, 5) is 0. The topological polar surface area (TPSA) is 29.5 Å². The fourth-order valence-electron chi connectivity index (χ4n) is 1.51. The molecule has 12 heavy (non-hydrogen) atoms. The van der Waals surface area contributed by atoms with Crippen molar-refractivity contribution >= 4 is 0 Å². The van der Waals surface area contributed by atoms with E-state index in [-0.39, 0.29) is 6.10 Å². The first-order chi connectivity index (χ1) is 5.83. The minimum absolute atomic E-state index is 0.351. The van der Waals surface area contributed by atoms with Crippen molar-refractivity contribution in [2.45, 2.75) is 44.3 Å². The van der Waals surface area contributed by atoms with Gasteiger partial charge in [-0.3, -0.25) is 0 Å². The summed E-state index contributed by atoms with van der Waals surface area (Å²) < 4.78 is 5.53. The third-order valence-corrected chi connectivity index (χ3v) is 2.33. The summed E-state index contributed by atoms with van der Waals surface area (Å²) >= 11 is 0. The molecule has 0 spiro atoms. The van der Waals surface area contributed by atoms with Gasteiger partial charge in [0.2, 0.25) is 0 Å². The van der Waals surface area contributed by atoms with E-state index in [1.807, 2.05) is 0 Å². The number of aliphatic hydroxyl groups excluding tert-OH is 1. The molecule has 1 heterocycles. The molecule has 2 heteroatoms. The molecule has 1 aliphatic rings. The van der Waals surface area contributed by atoms with Gasteiger partial charge >= 0.3 is 0 Å². The molecule has 1 rings (SSSR count). The monoisotopic (exact) mass is 170 g/mol. The minimum atomic E-state index is -0.351. The summed E-state index contributed by atoms with van der Waals surface area (Å²) in [6.45, 7) is 4.43. The molecule has 2 nitrogen and oxygen atoms in total. The van der Waals surface area contributed by atoms with Crippen LogP contribution in [0.2, 0.25) is 0 Å². The van der Waals surface area contributed by atoms with Gasteiger partial charge in [-0.05, 0) is 32.1 Å². The van der Waals surface area contributed by atoms with Crippen molar-refractivity contribution < 1.29 is 9.84 Å². The predicted molar refractivity (Wildman–Crippen MR) is 49.0 cm³/mol. The zero-order valence-electron chi connectivity index (χ0n) is 7.54. The Hall–Kier alpha value is -0.340. The van der Waals surface area contributed by atoms with E-state index in [1.165, 1.54) is 12.8 Å². The standard InChI is InChI=1S/C10H18O2/c1-2-9(11)6-7-10-5-3-4-8-12-10/h2,9-11H,1,3-8H2. The first kappa shape index (κ1) is 9.75. The Balaban J connectivity index is 2.08.